The lowest BCUT2D eigenvalue weighted by Gasteiger charge is -2.27. The van der Waals surface area contributed by atoms with Gasteiger partial charge in [0, 0.05) is 13.1 Å². The van der Waals surface area contributed by atoms with Crippen molar-refractivity contribution in [3.05, 3.63) is 30.3 Å². The van der Waals surface area contributed by atoms with Gasteiger partial charge in [0.2, 0.25) is 0 Å². The molecule has 0 heterocycles. The lowest BCUT2D eigenvalue weighted by Crippen LogP contribution is -2.42. The molecule has 0 fully saturated rings. The van der Waals surface area contributed by atoms with E-state index in [0.29, 0.717) is 19.8 Å². The number of carbonyl (C=O) groups is 1. The summed E-state index contributed by atoms with van der Waals surface area (Å²) >= 11 is 0. The van der Waals surface area contributed by atoms with Crippen LogP contribution in [0.25, 0.3) is 0 Å². The topological polar surface area (TPSA) is 42.0 Å². The molecule has 0 radical (unpaired) electrons. The summed E-state index contributed by atoms with van der Waals surface area (Å²) in [7, 11) is 0. The van der Waals surface area contributed by atoms with Gasteiger partial charge in [-0.1, -0.05) is 32.0 Å². The van der Waals surface area contributed by atoms with Crippen LogP contribution in [0.15, 0.2) is 30.3 Å². The molecule has 0 aromatic heterocycles. The van der Waals surface area contributed by atoms with Crippen LogP contribution in [-0.4, -0.2) is 61.3 Å². The SMILES string of the molecule is CCN(CC)CCOC(=O)N(CC)C(C)COc1ccccc1. The molecule has 0 spiro atoms. The van der Waals surface area contributed by atoms with Gasteiger partial charge in [0.05, 0.1) is 6.04 Å². The number of hydrogen-bond donors (Lipinski definition) is 0. The molecule has 1 atom stereocenters. The third-order valence-electron chi connectivity index (χ3n) is 3.87. The Morgan fingerprint density at radius 1 is 1.09 bits per heavy atom. The van der Waals surface area contributed by atoms with Crippen molar-refractivity contribution >= 4 is 6.09 Å². The Balaban J connectivity index is 2.39. The monoisotopic (exact) mass is 322 g/mol. The fourth-order valence-corrected chi connectivity index (χ4v) is 2.33. The van der Waals surface area contributed by atoms with Crippen LogP contribution in [0, 0.1) is 0 Å². The first-order valence-corrected chi connectivity index (χ1v) is 8.45. The summed E-state index contributed by atoms with van der Waals surface area (Å²) in [5.41, 5.74) is 0. The summed E-state index contributed by atoms with van der Waals surface area (Å²) in [5, 5.41) is 0. The molecule has 0 bridgehead atoms. The second-order valence-corrected chi connectivity index (χ2v) is 5.40. The smallest absolute Gasteiger partial charge is 0.410 e. The van der Waals surface area contributed by atoms with Gasteiger partial charge in [0.1, 0.15) is 19.0 Å². The van der Waals surface area contributed by atoms with Crippen LogP contribution in [0.4, 0.5) is 4.79 Å². The lowest BCUT2D eigenvalue weighted by atomic mass is 10.3. The van der Waals surface area contributed by atoms with Crippen molar-refractivity contribution in [3.63, 3.8) is 0 Å². The second-order valence-electron chi connectivity index (χ2n) is 5.40. The van der Waals surface area contributed by atoms with E-state index in [0.717, 1.165) is 25.4 Å². The molecule has 0 aliphatic carbocycles. The van der Waals surface area contributed by atoms with Gasteiger partial charge in [-0.15, -0.1) is 0 Å². The van der Waals surface area contributed by atoms with Crippen molar-refractivity contribution in [2.75, 3.05) is 39.4 Å². The average Bonchev–Trinajstić information content (AvgIpc) is 2.58. The number of benzene rings is 1. The second kappa shape index (κ2) is 10.9. The van der Waals surface area contributed by atoms with Gasteiger partial charge in [-0.05, 0) is 39.1 Å². The minimum Gasteiger partial charge on any atom is -0.491 e. The van der Waals surface area contributed by atoms with E-state index in [2.05, 4.69) is 18.7 Å². The van der Waals surface area contributed by atoms with Crippen LogP contribution in [-0.2, 0) is 4.74 Å². The zero-order valence-corrected chi connectivity index (χ0v) is 14.8. The van der Waals surface area contributed by atoms with Crippen LogP contribution in [0.1, 0.15) is 27.7 Å². The maximum atomic E-state index is 12.2. The normalized spacial score (nSPS) is 12.0. The number of nitrogens with zero attached hydrogens (tertiary/aromatic N) is 2. The van der Waals surface area contributed by atoms with Crippen LogP contribution in [0.3, 0.4) is 0 Å². The van der Waals surface area contributed by atoms with Gasteiger partial charge in [0.25, 0.3) is 0 Å². The number of ether oxygens (including phenoxy) is 2. The van der Waals surface area contributed by atoms with Crippen LogP contribution >= 0.6 is 0 Å². The summed E-state index contributed by atoms with van der Waals surface area (Å²) in [4.78, 5) is 16.1. The molecule has 1 aromatic rings. The molecule has 5 heteroatoms. The number of carbonyl (C=O) groups excluding carboxylic acids is 1. The number of para-hydroxylation sites is 1. The highest BCUT2D eigenvalue weighted by molar-refractivity contribution is 5.67. The largest absolute Gasteiger partial charge is 0.491 e. The Morgan fingerprint density at radius 3 is 2.30 bits per heavy atom. The van der Waals surface area contributed by atoms with Gasteiger partial charge in [-0.2, -0.15) is 0 Å². The Bertz CT molecular complexity index is 435. The van der Waals surface area contributed by atoms with E-state index >= 15 is 0 Å². The van der Waals surface area contributed by atoms with Gasteiger partial charge in [-0.25, -0.2) is 4.79 Å². The molecule has 1 aromatic carbocycles. The Hall–Kier alpha value is -1.75. The average molecular weight is 322 g/mol. The fraction of sp³-hybridized carbons (Fsp3) is 0.611. The number of amides is 1. The van der Waals surface area contributed by atoms with Crippen molar-refractivity contribution in [3.8, 4) is 5.75 Å². The maximum Gasteiger partial charge on any atom is 0.410 e. The molecule has 1 amide bonds. The molecule has 130 valence electrons. The van der Waals surface area contributed by atoms with Crippen molar-refractivity contribution < 1.29 is 14.3 Å². The van der Waals surface area contributed by atoms with E-state index in [1.54, 1.807) is 4.90 Å². The molecule has 1 unspecified atom stereocenters. The van der Waals surface area contributed by atoms with E-state index in [1.165, 1.54) is 0 Å². The zero-order valence-electron chi connectivity index (χ0n) is 14.8. The number of likely N-dealkylation sites (N-methyl/N-ethyl adjacent to an activating group) is 2. The molecule has 0 aliphatic heterocycles. The van der Waals surface area contributed by atoms with Gasteiger partial charge < -0.3 is 19.3 Å². The zero-order chi connectivity index (χ0) is 17.1. The third kappa shape index (κ3) is 6.91. The van der Waals surface area contributed by atoms with Gasteiger partial charge in [-0.3, -0.25) is 0 Å². The molecule has 0 aliphatic rings. The van der Waals surface area contributed by atoms with E-state index in [-0.39, 0.29) is 12.1 Å². The highest BCUT2D eigenvalue weighted by Crippen LogP contribution is 2.10. The fourth-order valence-electron chi connectivity index (χ4n) is 2.33. The molecule has 5 nitrogen and oxygen atoms in total. The molecule has 0 saturated carbocycles. The summed E-state index contributed by atoms with van der Waals surface area (Å²) in [6.07, 6.45) is -0.274. The maximum absolute atomic E-state index is 12.2. The Kier molecular flexibility index (Phi) is 9.14. The molecular formula is C18H30N2O3. The summed E-state index contributed by atoms with van der Waals surface area (Å²) < 4.78 is 11.1. The van der Waals surface area contributed by atoms with Crippen LogP contribution < -0.4 is 4.74 Å². The van der Waals surface area contributed by atoms with E-state index in [1.807, 2.05) is 44.2 Å². The predicted molar refractivity (Wildman–Crippen MR) is 92.9 cm³/mol. The van der Waals surface area contributed by atoms with Crippen molar-refractivity contribution in [1.82, 2.24) is 9.80 Å². The molecular weight excluding hydrogens is 292 g/mol. The van der Waals surface area contributed by atoms with E-state index < -0.39 is 0 Å². The van der Waals surface area contributed by atoms with Crippen LogP contribution in [0.5, 0.6) is 5.75 Å². The molecule has 1 rings (SSSR count). The standard InChI is InChI=1S/C18H30N2O3/c1-5-19(6-2)13-14-22-18(21)20(7-3)16(4)15-23-17-11-9-8-10-12-17/h8-12,16H,5-7,13-15H2,1-4H3. The van der Waals surface area contributed by atoms with Crippen LogP contribution in [0.2, 0.25) is 0 Å². The molecule has 0 saturated heterocycles. The highest BCUT2D eigenvalue weighted by atomic mass is 16.6. The minimum atomic E-state index is -0.274. The first-order chi connectivity index (χ1) is 11.1. The third-order valence-corrected chi connectivity index (χ3v) is 3.87. The first kappa shape index (κ1) is 19.3. The van der Waals surface area contributed by atoms with E-state index in [4.69, 9.17) is 9.47 Å². The Labute approximate surface area is 140 Å². The summed E-state index contributed by atoms with van der Waals surface area (Å²) in [5.74, 6) is 0.810. The quantitative estimate of drug-likeness (QED) is 0.663. The van der Waals surface area contributed by atoms with Gasteiger partial charge >= 0.3 is 6.09 Å². The summed E-state index contributed by atoms with van der Waals surface area (Å²) in [6, 6.07) is 9.58. The van der Waals surface area contributed by atoms with E-state index in [9.17, 15) is 4.79 Å². The van der Waals surface area contributed by atoms with Crippen molar-refractivity contribution in [1.29, 1.82) is 0 Å². The number of hydrogen-bond acceptors (Lipinski definition) is 4. The lowest BCUT2D eigenvalue weighted by molar-refractivity contribution is 0.0719. The minimum absolute atomic E-state index is 0.0406. The molecule has 0 N–H and O–H groups in total. The number of rotatable bonds is 10. The van der Waals surface area contributed by atoms with Crippen molar-refractivity contribution in [2.45, 2.75) is 33.7 Å². The Morgan fingerprint density at radius 2 is 1.74 bits per heavy atom. The molecule has 23 heavy (non-hydrogen) atoms. The predicted octanol–water partition coefficient (Wildman–Crippen LogP) is 3.25. The van der Waals surface area contributed by atoms with Gasteiger partial charge in [0.15, 0.2) is 0 Å². The van der Waals surface area contributed by atoms with Crippen molar-refractivity contribution in [2.24, 2.45) is 0 Å². The first-order valence-electron chi connectivity index (χ1n) is 8.45. The summed E-state index contributed by atoms with van der Waals surface area (Å²) in [6.45, 7) is 12.3. The highest BCUT2D eigenvalue weighted by Gasteiger charge is 2.20.